The van der Waals surface area contributed by atoms with E-state index in [4.69, 9.17) is 15.7 Å². The van der Waals surface area contributed by atoms with Gasteiger partial charge in [0, 0.05) is 28.8 Å². The van der Waals surface area contributed by atoms with E-state index >= 15 is 0 Å². The summed E-state index contributed by atoms with van der Waals surface area (Å²) < 4.78 is 5.20. The number of benzene rings is 2. The summed E-state index contributed by atoms with van der Waals surface area (Å²) in [6.45, 7) is 5.18. The molecule has 1 atom stereocenters. The maximum Gasteiger partial charge on any atom is 0.306 e. The SMILES string of the molecule is CC(C)(C)OC(=O)CCC(NC(=O)c1ccc(C#CC#Cc2ccc(N)cc2)cc1)C(=O)NO. The van der Waals surface area contributed by atoms with Crippen molar-refractivity contribution in [2.45, 2.75) is 45.3 Å². The fourth-order valence-electron chi connectivity index (χ4n) is 2.72. The van der Waals surface area contributed by atoms with Crippen molar-refractivity contribution in [3.05, 3.63) is 65.2 Å². The minimum absolute atomic E-state index is 0.0384. The summed E-state index contributed by atoms with van der Waals surface area (Å²) in [6, 6.07) is 12.4. The van der Waals surface area contributed by atoms with E-state index in [1.807, 2.05) is 0 Å². The Hall–Kier alpha value is -4.27. The first kappa shape index (κ1) is 26.0. The molecular formula is C26H27N3O5. The van der Waals surface area contributed by atoms with Crippen LogP contribution in [0, 0.1) is 23.7 Å². The Bertz CT molecular complexity index is 1140. The van der Waals surface area contributed by atoms with E-state index in [-0.39, 0.29) is 18.4 Å². The highest BCUT2D eigenvalue weighted by molar-refractivity contribution is 5.97. The van der Waals surface area contributed by atoms with E-state index in [0.717, 1.165) is 5.56 Å². The molecule has 0 bridgehead atoms. The normalized spacial score (nSPS) is 11.1. The Kier molecular flexibility index (Phi) is 9.25. The average molecular weight is 462 g/mol. The number of hydrogen-bond acceptors (Lipinski definition) is 6. The minimum atomic E-state index is -1.12. The lowest BCUT2D eigenvalue weighted by atomic mass is 10.1. The van der Waals surface area contributed by atoms with Crippen molar-refractivity contribution in [2.24, 2.45) is 0 Å². The lowest BCUT2D eigenvalue weighted by Gasteiger charge is -2.21. The largest absolute Gasteiger partial charge is 0.460 e. The molecule has 8 nitrogen and oxygen atoms in total. The van der Waals surface area contributed by atoms with Gasteiger partial charge < -0.3 is 15.8 Å². The number of anilines is 1. The van der Waals surface area contributed by atoms with E-state index in [1.165, 1.54) is 5.48 Å². The molecule has 0 spiro atoms. The number of nitrogen functional groups attached to an aromatic ring is 1. The number of nitrogens with two attached hydrogens (primary N) is 1. The van der Waals surface area contributed by atoms with Crippen molar-refractivity contribution in [3.8, 4) is 23.7 Å². The molecule has 0 heterocycles. The van der Waals surface area contributed by atoms with Crippen molar-refractivity contribution in [2.75, 3.05) is 5.73 Å². The van der Waals surface area contributed by atoms with E-state index in [9.17, 15) is 14.4 Å². The second-order valence-corrected chi connectivity index (χ2v) is 8.33. The van der Waals surface area contributed by atoms with Gasteiger partial charge in [0.2, 0.25) is 0 Å². The van der Waals surface area contributed by atoms with Crippen LogP contribution in [-0.4, -0.2) is 34.6 Å². The highest BCUT2D eigenvalue weighted by Crippen LogP contribution is 2.11. The fourth-order valence-corrected chi connectivity index (χ4v) is 2.72. The van der Waals surface area contributed by atoms with Crippen LogP contribution in [0.25, 0.3) is 0 Å². The molecule has 34 heavy (non-hydrogen) atoms. The van der Waals surface area contributed by atoms with Gasteiger partial charge in [0.25, 0.3) is 11.8 Å². The molecule has 176 valence electrons. The molecule has 0 saturated carbocycles. The second-order valence-electron chi connectivity index (χ2n) is 8.33. The predicted molar refractivity (Wildman–Crippen MR) is 127 cm³/mol. The van der Waals surface area contributed by atoms with E-state index in [1.54, 1.807) is 69.3 Å². The Balaban J connectivity index is 1.98. The first-order chi connectivity index (χ1) is 16.1. The molecule has 1 unspecified atom stereocenters. The molecule has 2 rings (SSSR count). The van der Waals surface area contributed by atoms with Gasteiger partial charge in [0.05, 0.1) is 0 Å². The molecule has 0 aromatic heterocycles. The fraction of sp³-hybridized carbons (Fsp3) is 0.269. The highest BCUT2D eigenvalue weighted by Gasteiger charge is 2.24. The number of esters is 1. The maximum absolute atomic E-state index is 12.5. The van der Waals surface area contributed by atoms with Gasteiger partial charge in [-0.15, -0.1) is 0 Å². The molecule has 2 aromatic carbocycles. The van der Waals surface area contributed by atoms with Gasteiger partial charge in [0.15, 0.2) is 0 Å². The second kappa shape index (κ2) is 12.1. The summed E-state index contributed by atoms with van der Waals surface area (Å²) in [5.74, 6) is 9.40. The zero-order valence-corrected chi connectivity index (χ0v) is 19.3. The summed E-state index contributed by atoms with van der Waals surface area (Å²) in [7, 11) is 0. The number of carbonyl (C=O) groups is 3. The van der Waals surface area contributed by atoms with Crippen molar-refractivity contribution >= 4 is 23.5 Å². The lowest BCUT2D eigenvalue weighted by Crippen LogP contribution is -2.46. The third kappa shape index (κ3) is 9.07. The van der Waals surface area contributed by atoms with Crippen LogP contribution in [0.5, 0.6) is 0 Å². The van der Waals surface area contributed by atoms with Crippen LogP contribution < -0.4 is 16.5 Å². The van der Waals surface area contributed by atoms with E-state index in [2.05, 4.69) is 29.0 Å². The molecule has 0 radical (unpaired) electrons. The standard InChI is InChI=1S/C26H27N3O5/c1-26(2,3)34-23(30)17-16-22(25(32)29-33)28-24(31)20-12-8-18(9-13-20)6-4-5-7-19-10-14-21(27)15-11-19/h8-15,22,33H,16-17,27H2,1-3H3,(H,28,31)(H,29,32). The number of ether oxygens (including phenoxy) is 1. The van der Waals surface area contributed by atoms with Gasteiger partial charge in [-0.1, -0.05) is 11.8 Å². The molecule has 0 aliphatic heterocycles. The minimum Gasteiger partial charge on any atom is -0.460 e. The number of nitrogens with one attached hydrogen (secondary N) is 2. The first-order valence-electron chi connectivity index (χ1n) is 10.5. The molecule has 0 aliphatic rings. The molecule has 0 saturated heterocycles. The summed E-state index contributed by atoms with van der Waals surface area (Å²) in [5.41, 5.74) is 8.86. The van der Waals surface area contributed by atoms with Crippen LogP contribution in [0.15, 0.2) is 48.5 Å². The topological polar surface area (TPSA) is 131 Å². The first-order valence-corrected chi connectivity index (χ1v) is 10.5. The average Bonchev–Trinajstić information content (AvgIpc) is 2.79. The van der Waals surface area contributed by atoms with Crippen LogP contribution in [0.4, 0.5) is 5.69 Å². The van der Waals surface area contributed by atoms with Crippen LogP contribution in [0.1, 0.15) is 55.1 Å². The lowest BCUT2D eigenvalue weighted by molar-refractivity contribution is -0.155. The Morgan fingerprint density at radius 2 is 1.50 bits per heavy atom. The van der Waals surface area contributed by atoms with E-state index in [0.29, 0.717) is 11.3 Å². The van der Waals surface area contributed by atoms with Gasteiger partial charge in [-0.05, 0) is 87.6 Å². The molecule has 0 aliphatic carbocycles. The van der Waals surface area contributed by atoms with Gasteiger partial charge in [0.1, 0.15) is 11.6 Å². The summed E-state index contributed by atoms with van der Waals surface area (Å²) in [5, 5.41) is 11.5. The maximum atomic E-state index is 12.5. The van der Waals surface area contributed by atoms with Gasteiger partial charge in [-0.3, -0.25) is 19.6 Å². The van der Waals surface area contributed by atoms with E-state index < -0.39 is 29.4 Å². The zero-order chi connectivity index (χ0) is 25.1. The van der Waals surface area contributed by atoms with Gasteiger partial charge >= 0.3 is 5.97 Å². The van der Waals surface area contributed by atoms with Crippen molar-refractivity contribution in [1.82, 2.24) is 10.8 Å². The third-order valence-electron chi connectivity index (χ3n) is 4.32. The quantitative estimate of drug-likeness (QED) is 0.172. The molecular weight excluding hydrogens is 434 g/mol. The molecule has 0 fully saturated rings. The third-order valence-corrected chi connectivity index (χ3v) is 4.32. The Morgan fingerprint density at radius 1 is 0.971 bits per heavy atom. The van der Waals surface area contributed by atoms with Crippen LogP contribution in [0.2, 0.25) is 0 Å². The summed E-state index contributed by atoms with van der Waals surface area (Å²) >= 11 is 0. The number of amides is 2. The van der Waals surface area contributed by atoms with Crippen molar-refractivity contribution in [3.63, 3.8) is 0 Å². The Morgan fingerprint density at radius 3 is 2.00 bits per heavy atom. The predicted octanol–water partition coefficient (Wildman–Crippen LogP) is 2.40. The molecule has 2 aromatic rings. The summed E-state index contributed by atoms with van der Waals surface area (Å²) in [6.07, 6.45) is -0.148. The number of carbonyl (C=O) groups excluding carboxylic acids is 3. The van der Waals surface area contributed by atoms with Crippen LogP contribution in [0.3, 0.4) is 0 Å². The van der Waals surface area contributed by atoms with Crippen LogP contribution in [-0.2, 0) is 14.3 Å². The van der Waals surface area contributed by atoms with Crippen LogP contribution >= 0.6 is 0 Å². The molecule has 5 N–H and O–H groups in total. The van der Waals surface area contributed by atoms with Crippen molar-refractivity contribution < 1.29 is 24.3 Å². The number of rotatable bonds is 6. The highest BCUT2D eigenvalue weighted by atomic mass is 16.6. The zero-order valence-electron chi connectivity index (χ0n) is 19.3. The number of hydrogen-bond donors (Lipinski definition) is 4. The molecule has 8 heteroatoms. The van der Waals surface area contributed by atoms with Gasteiger partial charge in [-0.2, -0.15) is 0 Å². The molecule has 2 amide bonds. The summed E-state index contributed by atoms with van der Waals surface area (Å²) in [4.78, 5) is 36.4. The number of hydroxylamine groups is 1. The monoisotopic (exact) mass is 461 g/mol. The van der Waals surface area contributed by atoms with Gasteiger partial charge in [-0.25, -0.2) is 5.48 Å². The van der Waals surface area contributed by atoms with Crippen molar-refractivity contribution in [1.29, 1.82) is 0 Å². The smallest absolute Gasteiger partial charge is 0.306 e. The Labute approximate surface area is 198 Å².